The van der Waals surface area contributed by atoms with Crippen LogP contribution < -0.4 is 0 Å². The number of methoxy groups -OCH3 is 1. The van der Waals surface area contributed by atoms with Crippen LogP contribution in [0.2, 0.25) is 0 Å². The molecule has 4 nitrogen and oxygen atoms in total. The number of hydrogen-bond donors (Lipinski definition) is 1. The summed E-state index contributed by atoms with van der Waals surface area (Å²) in [5, 5.41) is 10.0. The minimum Gasteiger partial charge on any atom is -0.507 e. The molecule has 1 aliphatic rings. The van der Waals surface area contributed by atoms with Crippen LogP contribution in [0.5, 0.6) is 5.75 Å². The summed E-state index contributed by atoms with van der Waals surface area (Å²) in [5.41, 5.74) is 2.58. The molecule has 0 aliphatic carbocycles. The van der Waals surface area contributed by atoms with Gasteiger partial charge in [-0.25, -0.2) is 0 Å². The van der Waals surface area contributed by atoms with Gasteiger partial charge in [-0.3, -0.25) is 4.79 Å². The maximum absolute atomic E-state index is 12.7. The molecule has 0 bridgehead atoms. The third-order valence-corrected chi connectivity index (χ3v) is 4.23. The van der Waals surface area contributed by atoms with Crippen molar-refractivity contribution >= 4 is 5.91 Å². The second kappa shape index (κ2) is 7.47. The van der Waals surface area contributed by atoms with Crippen molar-refractivity contribution in [2.24, 2.45) is 0 Å². The van der Waals surface area contributed by atoms with Gasteiger partial charge in [-0.15, -0.1) is 6.58 Å². The van der Waals surface area contributed by atoms with Gasteiger partial charge in [0.2, 0.25) is 0 Å². The lowest BCUT2D eigenvalue weighted by Gasteiger charge is -2.19. The zero-order valence-electron chi connectivity index (χ0n) is 14.1. The molecule has 0 fully saturated rings. The van der Waals surface area contributed by atoms with E-state index in [1.807, 2.05) is 6.07 Å². The molecule has 1 aromatic carbocycles. The van der Waals surface area contributed by atoms with Gasteiger partial charge in [-0.2, -0.15) is 0 Å². The van der Waals surface area contributed by atoms with E-state index in [0.717, 1.165) is 17.6 Å². The van der Waals surface area contributed by atoms with Crippen molar-refractivity contribution in [2.45, 2.75) is 32.3 Å². The number of hydrogen-bond acceptors (Lipinski definition) is 3. The van der Waals surface area contributed by atoms with Crippen molar-refractivity contribution in [3.05, 3.63) is 53.6 Å². The number of phenolic OH excluding ortho intramolecular Hbond substituents is 1. The Bertz CT molecular complexity index is 619. The van der Waals surface area contributed by atoms with Gasteiger partial charge in [-0.05, 0) is 30.0 Å². The summed E-state index contributed by atoms with van der Waals surface area (Å²) < 4.78 is 5.30. The third-order valence-electron chi connectivity index (χ3n) is 4.23. The zero-order chi connectivity index (χ0) is 17.0. The van der Waals surface area contributed by atoms with Crippen molar-refractivity contribution in [2.75, 3.05) is 20.2 Å². The highest BCUT2D eigenvalue weighted by atomic mass is 16.5. The normalized spacial score (nSPS) is 15.7. The Kier molecular flexibility index (Phi) is 5.61. The average molecular weight is 315 g/mol. The number of rotatable bonds is 6. The fourth-order valence-corrected chi connectivity index (χ4v) is 2.69. The molecule has 0 saturated carbocycles. The largest absolute Gasteiger partial charge is 0.507 e. The Balaban J connectivity index is 2.08. The lowest BCUT2D eigenvalue weighted by molar-refractivity contribution is 0.0791. The topological polar surface area (TPSA) is 49.8 Å². The Morgan fingerprint density at radius 3 is 2.83 bits per heavy atom. The third kappa shape index (κ3) is 4.02. The van der Waals surface area contributed by atoms with Crippen LogP contribution in [0.25, 0.3) is 0 Å². The first-order valence-corrected chi connectivity index (χ1v) is 7.91. The number of phenols is 1. The quantitative estimate of drug-likeness (QED) is 0.818. The van der Waals surface area contributed by atoms with Crippen LogP contribution >= 0.6 is 0 Å². The highest BCUT2D eigenvalue weighted by Crippen LogP contribution is 2.26. The fraction of sp³-hybridized carbons (Fsp3) is 0.421. The number of aromatic hydroxyl groups is 1. The molecule has 1 unspecified atom stereocenters. The van der Waals surface area contributed by atoms with Crippen LogP contribution in [-0.2, 0) is 4.74 Å². The first-order valence-electron chi connectivity index (χ1n) is 7.91. The molecule has 0 aromatic heterocycles. The Hall–Kier alpha value is -2.07. The molecule has 0 radical (unpaired) electrons. The predicted octanol–water partition coefficient (Wildman–Crippen LogP) is 3.49. The van der Waals surface area contributed by atoms with E-state index >= 15 is 0 Å². The summed E-state index contributed by atoms with van der Waals surface area (Å²) in [5.74, 6) is 0.210. The summed E-state index contributed by atoms with van der Waals surface area (Å²) in [6.07, 6.45) is 4.52. The van der Waals surface area contributed by atoms with E-state index in [1.54, 1.807) is 30.2 Å². The average Bonchev–Trinajstić information content (AvgIpc) is 3.00. The SMILES string of the molecule is C=CC(CC1=CCN(C(=O)c2cc(C(C)C)ccc2O)C1)OC. The van der Waals surface area contributed by atoms with Gasteiger partial charge >= 0.3 is 0 Å². The number of amides is 1. The first-order chi connectivity index (χ1) is 11.0. The van der Waals surface area contributed by atoms with E-state index < -0.39 is 0 Å². The fourth-order valence-electron chi connectivity index (χ4n) is 2.69. The van der Waals surface area contributed by atoms with Crippen LogP contribution in [0.4, 0.5) is 0 Å². The monoisotopic (exact) mass is 315 g/mol. The minimum absolute atomic E-state index is 0.0334. The molecule has 124 valence electrons. The van der Waals surface area contributed by atoms with Crippen LogP contribution in [-0.4, -0.2) is 42.2 Å². The number of nitrogens with zero attached hydrogens (tertiary/aromatic N) is 1. The maximum Gasteiger partial charge on any atom is 0.258 e. The standard InChI is InChI=1S/C19H25NO3/c1-5-16(23-4)10-14-8-9-20(12-14)19(22)17-11-15(13(2)3)6-7-18(17)21/h5-8,11,13,16,21H,1,9-10,12H2,2-4H3. The number of carbonyl (C=O) groups is 1. The molecule has 2 rings (SSSR count). The molecule has 4 heteroatoms. The van der Waals surface area contributed by atoms with Crippen molar-refractivity contribution in [1.29, 1.82) is 0 Å². The minimum atomic E-state index is -0.135. The molecule has 0 spiro atoms. The number of benzene rings is 1. The molecule has 1 aromatic rings. The molecule has 1 amide bonds. The van der Waals surface area contributed by atoms with E-state index in [0.29, 0.717) is 24.6 Å². The Morgan fingerprint density at radius 1 is 1.48 bits per heavy atom. The van der Waals surface area contributed by atoms with Gasteiger partial charge in [0, 0.05) is 20.2 Å². The Labute approximate surface area is 138 Å². The van der Waals surface area contributed by atoms with Crippen LogP contribution in [0.1, 0.15) is 42.1 Å². The zero-order valence-corrected chi connectivity index (χ0v) is 14.1. The van der Waals surface area contributed by atoms with Crippen molar-refractivity contribution in [1.82, 2.24) is 4.90 Å². The van der Waals surface area contributed by atoms with Gasteiger partial charge < -0.3 is 14.7 Å². The molecule has 23 heavy (non-hydrogen) atoms. The van der Waals surface area contributed by atoms with Gasteiger partial charge in [0.15, 0.2) is 0 Å². The molecule has 1 atom stereocenters. The lowest BCUT2D eigenvalue weighted by Crippen LogP contribution is -2.29. The lowest BCUT2D eigenvalue weighted by atomic mass is 9.99. The molecular weight excluding hydrogens is 290 g/mol. The molecular formula is C19H25NO3. The van der Waals surface area contributed by atoms with E-state index in [1.165, 1.54) is 0 Å². The van der Waals surface area contributed by atoms with Crippen molar-refractivity contribution in [3.8, 4) is 5.75 Å². The van der Waals surface area contributed by atoms with E-state index in [9.17, 15) is 9.90 Å². The van der Waals surface area contributed by atoms with Crippen molar-refractivity contribution in [3.63, 3.8) is 0 Å². The molecule has 0 saturated heterocycles. The molecule has 1 heterocycles. The van der Waals surface area contributed by atoms with Gasteiger partial charge in [0.05, 0.1) is 11.7 Å². The van der Waals surface area contributed by atoms with Crippen molar-refractivity contribution < 1.29 is 14.6 Å². The summed E-state index contributed by atoms with van der Waals surface area (Å²) in [6.45, 7) is 9.01. The molecule has 1 N–H and O–H groups in total. The molecule has 1 aliphatic heterocycles. The second-order valence-corrected chi connectivity index (χ2v) is 6.19. The van der Waals surface area contributed by atoms with Gasteiger partial charge in [0.25, 0.3) is 5.91 Å². The second-order valence-electron chi connectivity index (χ2n) is 6.19. The highest BCUT2D eigenvalue weighted by Gasteiger charge is 2.24. The van der Waals surface area contributed by atoms with Crippen LogP contribution in [0.15, 0.2) is 42.5 Å². The summed E-state index contributed by atoms with van der Waals surface area (Å²) in [7, 11) is 1.65. The van der Waals surface area contributed by atoms with Crippen LogP contribution in [0.3, 0.4) is 0 Å². The number of carbonyl (C=O) groups excluding carboxylic acids is 1. The Morgan fingerprint density at radius 2 is 2.22 bits per heavy atom. The smallest absolute Gasteiger partial charge is 0.258 e. The number of ether oxygens (including phenoxy) is 1. The van der Waals surface area contributed by atoms with Gasteiger partial charge in [-0.1, -0.05) is 37.6 Å². The van der Waals surface area contributed by atoms with E-state index in [4.69, 9.17) is 4.74 Å². The summed E-state index contributed by atoms with van der Waals surface area (Å²) in [6, 6.07) is 5.26. The maximum atomic E-state index is 12.7. The highest BCUT2D eigenvalue weighted by molar-refractivity contribution is 5.97. The van der Waals surface area contributed by atoms with E-state index in [2.05, 4.69) is 26.5 Å². The summed E-state index contributed by atoms with van der Waals surface area (Å²) in [4.78, 5) is 14.4. The predicted molar refractivity (Wildman–Crippen MR) is 91.8 cm³/mol. The summed E-state index contributed by atoms with van der Waals surface area (Å²) >= 11 is 0. The van der Waals surface area contributed by atoms with E-state index in [-0.39, 0.29) is 17.8 Å². The first kappa shape index (κ1) is 17.3. The van der Waals surface area contributed by atoms with Crippen LogP contribution in [0, 0.1) is 0 Å². The van der Waals surface area contributed by atoms with Gasteiger partial charge in [0.1, 0.15) is 5.75 Å².